The Morgan fingerprint density at radius 2 is 2.20 bits per heavy atom. The van der Waals surface area contributed by atoms with Crippen LogP contribution in [0.5, 0.6) is 0 Å². The first kappa shape index (κ1) is 16.9. The molecule has 0 spiro atoms. The third kappa shape index (κ3) is 3.91. The van der Waals surface area contributed by atoms with Crippen molar-refractivity contribution >= 4 is 39.9 Å². The summed E-state index contributed by atoms with van der Waals surface area (Å²) in [4.78, 5) is 22.5. The molecule has 1 aromatic carbocycles. The molecule has 2 rings (SSSR count). The summed E-state index contributed by atoms with van der Waals surface area (Å²) in [6.07, 6.45) is 2.09. The quantitative estimate of drug-likeness (QED) is 0.618. The third-order valence-electron chi connectivity index (χ3n) is 3.16. The van der Waals surface area contributed by atoms with Crippen molar-refractivity contribution in [1.29, 1.82) is 0 Å². The minimum Gasteiger partial charge on any atom is -0.348 e. The maximum Gasteiger partial charge on any atom is 0.283 e. The second kappa shape index (κ2) is 7.01. The van der Waals surface area contributed by atoms with E-state index in [1.807, 2.05) is 0 Å². The number of rotatable bonds is 5. The Morgan fingerprint density at radius 1 is 1.55 bits per heavy atom. The van der Waals surface area contributed by atoms with Gasteiger partial charge in [0, 0.05) is 23.1 Å². The van der Waals surface area contributed by atoms with Crippen LogP contribution < -0.4 is 11.1 Å². The van der Waals surface area contributed by atoms with Gasteiger partial charge in [0.15, 0.2) is 0 Å². The lowest BCUT2D eigenvalue weighted by atomic mass is 10.1. The number of carbonyl (C=O) groups excluding carboxylic acids is 1. The lowest BCUT2D eigenvalue weighted by Crippen LogP contribution is -2.41. The van der Waals surface area contributed by atoms with Gasteiger partial charge < -0.3 is 11.1 Å². The van der Waals surface area contributed by atoms with Crippen molar-refractivity contribution in [3.8, 4) is 0 Å². The lowest BCUT2D eigenvalue weighted by Gasteiger charge is -2.15. The average Bonchev–Trinajstić information content (AvgIpc) is 3.19. The first-order valence-electron chi connectivity index (χ1n) is 5.97. The highest BCUT2D eigenvalue weighted by Crippen LogP contribution is 2.32. The van der Waals surface area contributed by atoms with Gasteiger partial charge in [-0.15, -0.1) is 12.4 Å². The second-order valence-electron chi connectivity index (χ2n) is 4.57. The molecule has 0 radical (unpaired) electrons. The van der Waals surface area contributed by atoms with E-state index in [4.69, 9.17) is 5.73 Å². The van der Waals surface area contributed by atoms with Crippen molar-refractivity contribution < 1.29 is 9.72 Å². The molecule has 1 unspecified atom stereocenters. The van der Waals surface area contributed by atoms with E-state index in [-0.39, 0.29) is 29.7 Å². The molecule has 0 aliphatic heterocycles. The van der Waals surface area contributed by atoms with E-state index in [1.54, 1.807) is 6.07 Å². The van der Waals surface area contributed by atoms with Crippen LogP contribution in [0.1, 0.15) is 23.2 Å². The summed E-state index contributed by atoms with van der Waals surface area (Å²) in [7, 11) is 0. The fourth-order valence-corrected chi connectivity index (χ4v) is 2.31. The Hall–Kier alpha value is -1.18. The largest absolute Gasteiger partial charge is 0.348 e. The maximum absolute atomic E-state index is 12.1. The maximum atomic E-state index is 12.1. The van der Waals surface area contributed by atoms with Gasteiger partial charge in [0.05, 0.1) is 4.92 Å². The molecule has 1 saturated carbocycles. The van der Waals surface area contributed by atoms with Crippen LogP contribution in [0.25, 0.3) is 0 Å². The highest BCUT2D eigenvalue weighted by Gasteiger charge is 2.32. The summed E-state index contributed by atoms with van der Waals surface area (Å²) in [6.45, 7) is 0.348. The van der Waals surface area contributed by atoms with Gasteiger partial charge in [-0.05, 0) is 30.9 Å². The fraction of sp³-hybridized carbons (Fsp3) is 0.417. The summed E-state index contributed by atoms with van der Waals surface area (Å²) >= 11 is 3.16. The molecule has 0 bridgehead atoms. The smallest absolute Gasteiger partial charge is 0.283 e. The van der Waals surface area contributed by atoms with Gasteiger partial charge in [0.1, 0.15) is 5.56 Å². The van der Waals surface area contributed by atoms with Gasteiger partial charge in [0.2, 0.25) is 0 Å². The van der Waals surface area contributed by atoms with Crippen LogP contribution in [0.15, 0.2) is 22.7 Å². The Kier molecular flexibility index (Phi) is 5.91. The van der Waals surface area contributed by atoms with E-state index in [0.29, 0.717) is 16.9 Å². The normalized spacial score (nSPS) is 15.1. The predicted octanol–water partition coefficient (Wildman–Crippen LogP) is 2.25. The van der Waals surface area contributed by atoms with Crippen molar-refractivity contribution in [1.82, 2.24) is 5.32 Å². The molecule has 1 fully saturated rings. The monoisotopic (exact) mass is 363 g/mol. The summed E-state index contributed by atoms with van der Waals surface area (Å²) in [5.41, 5.74) is 5.46. The highest BCUT2D eigenvalue weighted by atomic mass is 79.9. The molecule has 8 heteroatoms. The van der Waals surface area contributed by atoms with Crippen LogP contribution in [0, 0.1) is 16.0 Å². The van der Waals surface area contributed by atoms with Crippen LogP contribution in [0.4, 0.5) is 5.69 Å². The Labute approximate surface area is 130 Å². The molecule has 0 aromatic heterocycles. The predicted molar refractivity (Wildman–Crippen MR) is 81.1 cm³/mol. The SMILES string of the molecule is Cl.NCC(NC(=O)c1ccc(Br)cc1[N+](=O)[O-])C1CC1. The molecule has 1 aliphatic carbocycles. The Bertz CT molecular complexity index is 523. The number of halogens is 2. The van der Waals surface area contributed by atoms with E-state index in [9.17, 15) is 14.9 Å². The summed E-state index contributed by atoms with van der Waals surface area (Å²) in [6, 6.07) is 4.27. The van der Waals surface area contributed by atoms with Gasteiger partial charge in [-0.25, -0.2) is 0 Å². The molecule has 1 aliphatic rings. The van der Waals surface area contributed by atoms with Crippen molar-refractivity contribution in [2.24, 2.45) is 11.7 Å². The minimum atomic E-state index is -0.561. The molecule has 6 nitrogen and oxygen atoms in total. The highest BCUT2D eigenvalue weighted by molar-refractivity contribution is 9.10. The zero-order valence-corrected chi connectivity index (χ0v) is 12.9. The first-order chi connectivity index (χ1) is 9.02. The number of nitrogens with one attached hydrogen (secondary N) is 1. The first-order valence-corrected chi connectivity index (χ1v) is 6.77. The summed E-state index contributed by atoms with van der Waals surface area (Å²) < 4.78 is 0.563. The number of hydrogen-bond donors (Lipinski definition) is 2. The van der Waals surface area contributed by atoms with E-state index in [0.717, 1.165) is 12.8 Å². The van der Waals surface area contributed by atoms with Gasteiger partial charge in [-0.1, -0.05) is 15.9 Å². The van der Waals surface area contributed by atoms with Gasteiger partial charge in [0.25, 0.3) is 11.6 Å². The molecule has 3 N–H and O–H groups in total. The Morgan fingerprint density at radius 3 is 2.70 bits per heavy atom. The minimum absolute atomic E-state index is 0. The number of nitro benzene ring substituents is 1. The average molecular weight is 365 g/mol. The van der Waals surface area contributed by atoms with Crippen molar-refractivity contribution in [3.63, 3.8) is 0 Å². The van der Waals surface area contributed by atoms with Crippen LogP contribution in [-0.2, 0) is 0 Å². The number of hydrogen-bond acceptors (Lipinski definition) is 4. The Balaban J connectivity index is 0.00000200. The number of nitro groups is 1. The van der Waals surface area contributed by atoms with Crippen LogP contribution in [0.3, 0.4) is 0 Å². The summed E-state index contributed by atoms with van der Waals surface area (Å²) in [5, 5.41) is 13.7. The van der Waals surface area contributed by atoms with Crippen molar-refractivity contribution in [2.45, 2.75) is 18.9 Å². The second-order valence-corrected chi connectivity index (χ2v) is 5.49. The molecule has 0 heterocycles. The lowest BCUT2D eigenvalue weighted by molar-refractivity contribution is -0.385. The number of amides is 1. The molecule has 20 heavy (non-hydrogen) atoms. The molecule has 1 aromatic rings. The van der Waals surface area contributed by atoms with Crippen LogP contribution in [-0.4, -0.2) is 23.4 Å². The number of nitrogens with two attached hydrogens (primary N) is 1. The fourth-order valence-electron chi connectivity index (χ4n) is 1.96. The van der Waals surface area contributed by atoms with Crippen LogP contribution >= 0.6 is 28.3 Å². The zero-order valence-electron chi connectivity index (χ0n) is 10.5. The molecular weight excluding hydrogens is 350 g/mol. The number of nitrogens with zero attached hydrogens (tertiary/aromatic N) is 1. The van der Waals surface area contributed by atoms with Crippen molar-refractivity contribution in [2.75, 3.05) is 6.54 Å². The van der Waals surface area contributed by atoms with Gasteiger partial charge in [-0.3, -0.25) is 14.9 Å². The molecular formula is C12H15BrClN3O3. The third-order valence-corrected chi connectivity index (χ3v) is 3.66. The molecule has 1 amide bonds. The van der Waals surface area contributed by atoms with E-state index < -0.39 is 10.8 Å². The summed E-state index contributed by atoms with van der Waals surface area (Å²) in [5.74, 6) is -0.0370. The van der Waals surface area contributed by atoms with E-state index >= 15 is 0 Å². The van der Waals surface area contributed by atoms with Crippen LogP contribution in [0.2, 0.25) is 0 Å². The molecule has 1 atom stereocenters. The standard InChI is InChI=1S/C12H14BrN3O3.ClH/c13-8-3-4-9(11(5-8)16(18)19)12(17)15-10(6-14)7-1-2-7;/h3-5,7,10H,1-2,6,14H2,(H,15,17);1H. The molecule has 110 valence electrons. The molecule has 0 saturated heterocycles. The van der Waals surface area contributed by atoms with E-state index in [1.165, 1.54) is 12.1 Å². The van der Waals surface area contributed by atoms with Crippen molar-refractivity contribution in [3.05, 3.63) is 38.3 Å². The van der Waals surface area contributed by atoms with E-state index in [2.05, 4.69) is 21.2 Å². The number of carbonyl (C=O) groups is 1. The van der Waals surface area contributed by atoms with Gasteiger partial charge >= 0.3 is 0 Å². The zero-order chi connectivity index (χ0) is 14.0. The number of benzene rings is 1. The van der Waals surface area contributed by atoms with Gasteiger partial charge in [-0.2, -0.15) is 0 Å². The topological polar surface area (TPSA) is 98.3 Å².